The monoisotopic (exact) mass is 388 g/mol. The van der Waals surface area contributed by atoms with Gasteiger partial charge in [-0.05, 0) is 32.3 Å². The van der Waals surface area contributed by atoms with E-state index in [-0.39, 0.29) is 11.8 Å². The number of unbranched alkanes of at least 4 members (excludes halogenated alkanes) is 3. The highest BCUT2D eigenvalue weighted by Crippen LogP contribution is 2.24. The summed E-state index contributed by atoms with van der Waals surface area (Å²) in [6.07, 6.45) is 8.52. The minimum absolute atomic E-state index is 0.103. The number of nitrogens with zero attached hydrogens (tertiary/aromatic N) is 3. The van der Waals surface area contributed by atoms with Crippen molar-refractivity contribution >= 4 is 17.7 Å². The molecular formula is C21H36N6O. The van der Waals surface area contributed by atoms with Crippen LogP contribution in [-0.4, -0.2) is 43.0 Å². The molecule has 2 heterocycles. The predicted octanol–water partition coefficient (Wildman–Crippen LogP) is 2.42. The van der Waals surface area contributed by atoms with Crippen LogP contribution in [0.2, 0.25) is 0 Å². The number of nitrogens with two attached hydrogens (primary N) is 1. The van der Waals surface area contributed by atoms with Gasteiger partial charge in [-0.3, -0.25) is 4.79 Å². The van der Waals surface area contributed by atoms with E-state index in [0.717, 1.165) is 56.2 Å². The molecule has 2 rings (SSSR count). The molecule has 0 spiro atoms. The van der Waals surface area contributed by atoms with Gasteiger partial charge in [-0.1, -0.05) is 32.3 Å². The molecule has 0 aliphatic carbocycles. The predicted molar refractivity (Wildman–Crippen MR) is 115 cm³/mol. The largest absolute Gasteiger partial charge is 0.369 e. The maximum Gasteiger partial charge on any atom is 0.222 e. The molecule has 1 unspecified atom stereocenters. The van der Waals surface area contributed by atoms with Crippen LogP contribution in [0, 0.1) is 5.92 Å². The first-order valence-electron chi connectivity index (χ1n) is 10.7. The quantitative estimate of drug-likeness (QED) is 0.325. The highest BCUT2D eigenvalue weighted by molar-refractivity contribution is 5.80. The van der Waals surface area contributed by atoms with Gasteiger partial charge >= 0.3 is 0 Å². The lowest BCUT2D eigenvalue weighted by molar-refractivity contribution is -0.122. The number of amides is 1. The highest BCUT2D eigenvalue weighted by atomic mass is 16.1. The first kappa shape index (κ1) is 22.0. The number of aliphatic imine (C=N–C) groups is 1. The Kier molecular flexibility index (Phi) is 9.59. The number of guanidine groups is 1. The van der Waals surface area contributed by atoms with Crippen LogP contribution in [0.5, 0.6) is 0 Å². The summed E-state index contributed by atoms with van der Waals surface area (Å²) < 4.78 is 0. The second-order valence-corrected chi connectivity index (χ2v) is 7.36. The van der Waals surface area contributed by atoms with E-state index in [0.29, 0.717) is 13.1 Å². The maximum absolute atomic E-state index is 11.6. The Labute approximate surface area is 169 Å². The first-order chi connectivity index (χ1) is 13.7. The molecule has 1 aromatic heterocycles. The fourth-order valence-electron chi connectivity index (χ4n) is 3.50. The zero-order valence-corrected chi connectivity index (χ0v) is 17.4. The van der Waals surface area contributed by atoms with Crippen molar-refractivity contribution in [1.82, 2.24) is 15.6 Å². The number of pyridine rings is 1. The summed E-state index contributed by atoms with van der Waals surface area (Å²) in [4.78, 5) is 23.1. The van der Waals surface area contributed by atoms with E-state index in [9.17, 15) is 4.79 Å². The fraction of sp³-hybridized carbons (Fsp3) is 0.667. The second-order valence-electron chi connectivity index (χ2n) is 7.36. The van der Waals surface area contributed by atoms with Gasteiger partial charge < -0.3 is 21.3 Å². The average molecular weight is 389 g/mol. The number of piperidine rings is 1. The minimum atomic E-state index is -0.220. The molecule has 1 aliphatic rings. The standard InChI is InChI=1S/C21H36N6O/c1-3-5-6-7-12-25-21(23-4-2)26-15-17-10-8-13-24-20(17)27-14-9-11-18(16-27)19(22)28/h8,10,13,18H,3-7,9,11-12,14-16H2,1-2H3,(H2,22,28)(H2,23,25,26). The van der Waals surface area contributed by atoms with Crippen molar-refractivity contribution in [3.05, 3.63) is 23.9 Å². The number of hydrogen-bond acceptors (Lipinski definition) is 4. The Morgan fingerprint density at radius 3 is 2.93 bits per heavy atom. The average Bonchev–Trinajstić information content (AvgIpc) is 2.72. The van der Waals surface area contributed by atoms with Crippen LogP contribution in [0.3, 0.4) is 0 Å². The Bertz CT molecular complexity index is 633. The molecule has 7 heteroatoms. The lowest BCUT2D eigenvalue weighted by Gasteiger charge is -2.33. The molecule has 1 fully saturated rings. The normalized spacial score (nSPS) is 17.4. The van der Waals surface area contributed by atoms with Crippen molar-refractivity contribution in [2.45, 2.75) is 58.9 Å². The number of rotatable bonds is 10. The Morgan fingerprint density at radius 1 is 1.32 bits per heavy atom. The summed E-state index contributed by atoms with van der Waals surface area (Å²) in [5.74, 6) is 1.43. The molecule has 1 aromatic rings. The number of nitrogens with one attached hydrogen (secondary N) is 2. The van der Waals surface area contributed by atoms with E-state index < -0.39 is 0 Å². The van der Waals surface area contributed by atoms with Crippen LogP contribution in [0.25, 0.3) is 0 Å². The van der Waals surface area contributed by atoms with E-state index in [1.165, 1.54) is 19.3 Å². The van der Waals surface area contributed by atoms with Gasteiger partial charge in [-0.2, -0.15) is 0 Å². The Morgan fingerprint density at radius 2 is 2.18 bits per heavy atom. The molecule has 0 radical (unpaired) electrons. The fourth-order valence-corrected chi connectivity index (χ4v) is 3.50. The zero-order valence-electron chi connectivity index (χ0n) is 17.4. The summed E-state index contributed by atoms with van der Waals surface area (Å²) in [6.45, 7) is 8.13. The minimum Gasteiger partial charge on any atom is -0.369 e. The maximum atomic E-state index is 11.6. The van der Waals surface area contributed by atoms with Gasteiger partial charge in [0.15, 0.2) is 5.96 Å². The van der Waals surface area contributed by atoms with E-state index in [1.54, 1.807) is 6.20 Å². The van der Waals surface area contributed by atoms with Crippen LogP contribution >= 0.6 is 0 Å². The van der Waals surface area contributed by atoms with Crippen molar-refractivity contribution < 1.29 is 4.79 Å². The molecule has 7 nitrogen and oxygen atoms in total. The Balaban J connectivity index is 2.01. The summed E-state index contributed by atoms with van der Waals surface area (Å²) >= 11 is 0. The molecule has 28 heavy (non-hydrogen) atoms. The van der Waals surface area contributed by atoms with Gasteiger partial charge in [-0.15, -0.1) is 0 Å². The third-order valence-electron chi connectivity index (χ3n) is 5.07. The van der Waals surface area contributed by atoms with Gasteiger partial charge in [0.05, 0.1) is 12.5 Å². The third-order valence-corrected chi connectivity index (χ3v) is 5.07. The third kappa shape index (κ3) is 7.02. The van der Waals surface area contributed by atoms with Crippen molar-refractivity contribution in [2.24, 2.45) is 16.6 Å². The van der Waals surface area contributed by atoms with Crippen molar-refractivity contribution in [2.75, 3.05) is 31.1 Å². The zero-order chi connectivity index (χ0) is 20.2. The number of primary amides is 1. The number of aromatic nitrogens is 1. The van der Waals surface area contributed by atoms with Crippen LogP contribution in [0.15, 0.2) is 23.3 Å². The molecular weight excluding hydrogens is 352 g/mol. The summed E-state index contributed by atoms with van der Waals surface area (Å²) in [5, 5.41) is 6.72. The summed E-state index contributed by atoms with van der Waals surface area (Å²) in [7, 11) is 0. The van der Waals surface area contributed by atoms with Crippen molar-refractivity contribution in [1.29, 1.82) is 0 Å². The van der Waals surface area contributed by atoms with Crippen LogP contribution < -0.4 is 21.3 Å². The highest BCUT2D eigenvalue weighted by Gasteiger charge is 2.25. The molecule has 156 valence electrons. The van der Waals surface area contributed by atoms with E-state index >= 15 is 0 Å². The topological polar surface area (TPSA) is 95.6 Å². The molecule has 0 bridgehead atoms. The number of anilines is 1. The van der Waals surface area contributed by atoms with Gasteiger partial charge in [0, 0.05) is 37.9 Å². The number of carbonyl (C=O) groups excluding carboxylic acids is 1. The number of hydrogen-bond donors (Lipinski definition) is 3. The second kappa shape index (κ2) is 12.2. The smallest absolute Gasteiger partial charge is 0.222 e. The molecule has 1 saturated heterocycles. The van der Waals surface area contributed by atoms with Gasteiger partial charge in [0.25, 0.3) is 0 Å². The van der Waals surface area contributed by atoms with Crippen molar-refractivity contribution in [3.63, 3.8) is 0 Å². The lowest BCUT2D eigenvalue weighted by atomic mass is 9.97. The number of carbonyl (C=O) groups is 1. The molecule has 1 atom stereocenters. The van der Waals surface area contributed by atoms with Gasteiger partial charge in [0.2, 0.25) is 5.91 Å². The molecule has 1 amide bonds. The molecule has 1 aliphatic heterocycles. The van der Waals surface area contributed by atoms with Crippen LogP contribution in [0.1, 0.15) is 57.9 Å². The SMILES string of the molecule is CCCCCCNC(=NCc1cccnc1N1CCCC(C(N)=O)C1)NCC. The lowest BCUT2D eigenvalue weighted by Crippen LogP contribution is -2.42. The summed E-state index contributed by atoms with van der Waals surface area (Å²) in [5.41, 5.74) is 6.60. The van der Waals surface area contributed by atoms with Crippen molar-refractivity contribution in [3.8, 4) is 0 Å². The van der Waals surface area contributed by atoms with Gasteiger partial charge in [0.1, 0.15) is 5.82 Å². The van der Waals surface area contributed by atoms with E-state index in [1.807, 2.05) is 6.07 Å². The van der Waals surface area contributed by atoms with Crippen LogP contribution in [-0.2, 0) is 11.3 Å². The van der Waals surface area contributed by atoms with E-state index in [4.69, 9.17) is 10.7 Å². The van der Waals surface area contributed by atoms with Crippen LogP contribution in [0.4, 0.5) is 5.82 Å². The molecule has 4 N–H and O–H groups in total. The molecule has 0 aromatic carbocycles. The first-order valence-corrected chi connectivity index (χ1v) is 10.7. The summed E-state index contributed by atoms with van der Waals surface area (Å²) in [6, 6.07) is 4.00. The van der Waals surface area contributed by atoms with E-state index in [2.05, 4.69) is 40.4 Å². The molecule has 0 saturated carbocycles. The van der Waals surface area contributed by atoms with Gasteiger partial charge in [-0.25, -0.2) is 9.98 Å². The Hall–Kier alpha value is -2.31.